The quantitative estimate of drug-likeness (QED) is 0.0582. The van der Waals surface area contributed by atoms with Gasteiger partial charge in [-0.2, -0.15) is 0 Å². The Morgan fingerprint density at radius 2 is 0.745 bits per heavy atom. The van der Waals surface area contributed by atoms with Crippen LogP contribution in [-0.4, -0.2) is 294 Å². The van der Waals surface area contributed by atoms with Gasteiger partial charge in [0.15, 0.2) is 5.79 Å². The number of rotatable bonds is 12. The summed E-state index contributed by atoms with van der Waals surface area (Å²) < 4.78 is 140. The molecule has 20 bridgehead atoms. The van der Waals surface area contributed by atoms with E-state index in [9.17, 15) is 25.2 Å². The molecule has 4 aromatic carbocycles. The molecule has 19 aliphatic rings. The van der Waals surface area contributed by atoms with E-state index in [-0.39, 0.29) is 172 Å². The monoisotopic (exact) mass is 2040 g/mol. The summed E-state index contributed by atoms with van der Waals surface area (Å²) in [5, 5.41) is 45.4. The molecule has 19 saturated heterocycles. The summed E-state index contributed by atoms with van der Waals surface area (Å²) in [6, 6.07) is 42.4. The van der Waals surface area contributed by atoms with E-state index in [0.29, 0.717) is 83.5 Å². The molecule has 0 saturated carbocycles. The minimum absolute atomic E-state index is 0.00281. The van der Waals surface area contributed by atoms with Gasteiger partial charge in [0.25, 0.3) is 16.6 Å². The maximum atomic E-state index is 15.1. The van der Waals surface area contributed by atoms with E-state index >= 15 is 9.59 Å². The number of aliphatic hydroxyl groups is 4. The number of fused-ring (bicyclic) bond motifs is 15. The molecule has 1 spiro atoms. The molecule has 41 atom stereocenters. The van der Waals surface area contributed by atoms with Crippen LogP contribution in [0.15, 0.2) is 170 Å². The van der Waals surface area contributed by atoms with E-state index in [1.54, 1.807) is 0 Å². The van der Waals surface area contributed by atoms with Gasteiger partial charge in [-0.15, -0.1) is 0 Å². The number of ketones is 1. The first kappa shape index (κ1) is 105. The van der Waals surface area contributed by atoms with Crippen LogP contribution < -0.4 is 20.7 Å². The number of hydrogen-bond acceptors (Lipinski definition) is 27. The normalized spacial score (nSPS) is 43.5. The van der Waals surface area contributed by atoms with Crippen LogP contribution in [0.2, 0.25) is 10.1 Å². The maximum absolute atomic E-state index is 15.1. The van der Waals surface area contributed by atoms with Crippen molar-refractivity contribution >= 4 is 55.1 Å². The molecule has 4 aromatic rings. The van der Waals surface area contributed by atoms with Crippen LogP contribution >= 0.6 is 0 Å². The van der Waals surface area contributed by atoms with Gasteiger partial charge in [0.1, 0.15) is 79.0 Å². The SMILES string of the molecule is C=C1CC2CCC(=O)C[C@H]3O[C@H]4[C@@H](O[Si](c5ccccc5)(c5ccccc5)C(C)(C)C)[C@H]5O[C@H](CC[C@@H]5O[C@H]4[C@H]3O[Si](c3ccccc3)(c3ccccc3)C(C)(C)C)CC(=O)OC3C(C[C@H]4OC(CC[C@@H]1O2)C[C@@H](C)C4=C)O[C@H]1C[C@@H](O)[C@@H](CCO)O[C@H]1[C@@H]3C.C=C1CC2CC[C@@]34C[C@H]5O[C@H]6[C@@H](O3)[C@H]3O[C@H](CC[C@@H]3O[C@H]6[C@H]5O4)CC(=O)OC3C(C[C@H]4OC(CC[C@@H]1O2)C[C@@H](C)C4=C)O[C@H]1C[C@@H](O)[C@@H](CCO)O[C@H]1[C@@H]3C. The van der Waals surface area contributed by atoms with Crippen LogP contribution in [0.3, 0.4) is 0 Å². The van der Waals surface area contributed by atoms with Gasteiger partial charge in [-0.25, -0.2) is 0 Å². The van der Waals surface area contributed by atoms with E-state index in [1.807, 2.05) is 38.1 Å². The summed E-state index contributed by atoms with van der Waals surface area (Å²) in [5.41, 5.74) is 4.13. The van der Waals surface area contributed by atoms with E-state index in [1.165, 1.54) is 0 Å². The lowest BCUT2D eigenvalue weighted by atomic mass is 9.79. The van der Waals surface area contributed by atoms with E-state index < -0.39 is 167 Å². The molecule has 0 aliphatic carbocycles. The summed E-state index contributed by atoms with van der Waals surface area (Å²) in [4.78, 5) is 44.2. The standard InChI is InChI=1S/C74H98O14Si2.C42H60O13/c1-45-39-51-33-35-58-46(2)40-50(79-58)32-31-49(76)41-62-69(87-89(73(5,6)7,53-23-15-11-16-24-53)54-25-17-12-18-26-54)70-71(85-62)72(88-90(74(8,9)10,55-27-19-13-20-28-55)56-29-21-14-22-30-56)68-60(84-70)36-34-52(81-68)42-65(78)86-67-48(4)66-63(43-57(77)59(83-66)37-38-75)82-64(67)44-61(80-51)47(45)3;1-19-13-23-5-7-27-20(2)14-25(46-27)9-11-42-18-33-38(54-42)39-40(52-33)41(55-42)37-29(51-39)8-6-24(48-37)15-34(45)53-36-22(4)35-31(16-26(44)28(50-35)10-12-43)49-32(36)17-30(47-23)21(19)3/h11-30,45,48,50-52,57-64,66-72,75,77H,2-3,31-44H2,1,4-10H3;19,22-33,35-41,43-44H,2-3,5-18H2,1,4H3/t45-,48+,50?,51?,52-,57-,58+,59-,60+,61-,62-,63+,64?,66+,67?,68+,69+,70+,71-,72+;19-,22+,23?,24-,25?,26-,27+,28-,29+,30-,31+,32?,33-,35+,36?,37+,38+,39+,40-,41+,42+/m11/s1. The number of hydrogen-bond donors (Lipinski definition) is 4. The lowest BCUT2D eigenvalue weighted by Gasteiger charge is -2.53. The van der Waals surface area contributed by atoms with Gasteiger partial charge in [-0.3, -0.25) is 14.4 Å². The van der Waals surface area contributed by atoms with Crippen LogP contribution in [0.25, 0.3) is 0 Å². The fourth-order valence-corrected chi connectivity index (χ4v) is 38.1. The molecule has 23 rings (SSSR count). The number of aliphatic hydroxyl groups excluding tert-OH is 4. The highest BCUT2D eigenvalue weighted by atomic mass is 28.4. The molecule has 0 amide bonds. The molecule has 0 aromatic heterocycles. The zero-order valence-corrected chi connectivity index (χ0v) is 88.4. The van der Waals surface area contributed by atoms with E-state index in [2.05, 4.69) is 179 Å². The molecule has 8 unspecified atom stereocenters. The third-order valence-electron chi connectivity index (χ3n) is 36.2. The Bertz CT molecular complexity index is 5100. The van der Waals surface area contributed by atoms with Gasteiger partial charge in [-0.05, 0) is 168 Å². The lowest BCUT2D eigenvalue weighted by Crippen LogP contribution is -2.73. The van der Waals surface area contributed by atoms with Crippen LogP contribution in [0.4, 0.5) is 0 Å². The Morgan fingerprint density at radius 1 is 0.352 bits per heavy atom. The van der Waals surface area contributed by atoms with E-state index in [4.69, 9.17) is 94.1 Å². The third kappa shape index (κ3) is 20.8. The molecule has 0 radical (unpaired) electrons. The van der Waals surface area contributed by atoms with Gasteiger partial charge < -0.3 is 115 Å². The highest BCUT2D eigenvalue weighted by molar-refractivity contribution is 7.00. The zero-order valence-electron chi connectivity index (χ0n) is 86.4. The zero-order chi connectivity index (χ0) is 101. The first-order chi connectivity index (χ1) is 69.7. The minimum atomic E-state index is -3.43. The molecule has 19 aliphatic heterocycles. The van der Waals surface area contributed by atoms with Gasteiger partial charge in [0.05, 0.1) is 159 Å². The van der Waals surface area contributed by atoms with Crippen LogP contribution in [0.5, 0.6) is 0 Å². The molecule has 29 heteroatoms. The highest BCUT2D eigenvalue weighted by Gasteiger charge is 2.71. The summed E-state index contributed by atoms with van der Waals surface area (Å²) in [6.07, 6.45) is -2.05. The number of carbonyl (C=O) groups excluding carboxylic acids is 3. The van der Waals surface area contributed by atoms with Gasteiger partial charge in [0.2, 0.25) is 0 Å². The number of esters is 2. The predicted molar refractivity (Wildman–Crippen MR) is 543 cm³/mol. The van der Waals surface area contributed by atoms with Crippen molar-refractivity contribution in [2.75, 3.05) is 13.2 Å². The minimum Gasteiger partial charge on any atom is -0.459 e. The molecule has 145 heavy (non-hydrogen) atoms. The Balaban J connectivity index is 0.000000191. The Hall–Kier alpha value is -6.00. The first-order valence-electron chi connectivity index (χ1n) is 55.0. The van der Waals surface area contributed by atoms with Gasteiger partial charge in [-0.1, -0.05) is 217 Å². The predicted octanol–water partition coefficient (Wildman–Crippen LogP) is 13.1. The van der Waals surface area contributed by atoms with Crippen LogP contribution in [-0.2, 0) is 108 Å². The van der Waals surface area contributed by atoms with Gasteiger partial charge >= 0.3 is 11.9 Å². The second-order valence-electron chi connectivity index (χ2n) is 47.9. The van der Waals surface area contributed by atoms with Gasteiger partial charge in [0, 0.05) is 76.4 Å². The first-order valence-corrected chi connectivity index (χ1v) is 58.8. The van der Waals surface area contributed by atoms with Crippen molar-refractivity contribution in [1.82, 2.24) is 0 Å². The molecule has 27 nitrogen and oxygen atoms in total. The fraction of sp³-hybridized carbons (Fsp3) is 0.698. The molecule has 792 valence electrons. The summed E-state index contributed by atoms with van der Waals surface area (Å²) in [5.74, 6) is -1.75. The molecule has 19 fully saturated rings. The number of Topliss-reactive ketones (excluding diaryl/α,β-unsaturated/α-hetero) is 1. The topological polar surface area (TPSA) is 317 Å². The maximum Gasteiger partial charge on any atom is 0.308 e. The Kier molecular flexibility index (Phi) is 31.2. The number of ether oxygens (including phenoxy) is 18. The smallest absolute Gasteiger partial charge is 0.308 e. The molecular weight excluding hydrogens is 1880 g/mol. The third-order valence-corrected chi connectivity index (χ3v) is 46.3. The Morgan fingerprint density at radius 3 is 1.22 bits per heavy atom. The van der Waals surface area contributed by atoms with Crippen molar-refractivity contribution in [2.45, 2.75) is 472 Å². The van der Waals surface area contributed by atoms with Crippen molar-refractivity contribution in [3.8, 4) is 0 Å². The molecule has 19 heterocycles. The summed E-state index contributed by atoms with van der Waals surface area (Å²) in [7, 11) is -6.78. The number of carbonyl (C=O) groups is 3. The van der Waals surface area contributed by atoms with Crippen molar-refractivity contribution in [2.24, 2.45) is 23.7 Å². The van der Waals surface area contributed by atoms with Crippen molar-refractivity contribution in [1.29, 1.82) is 0 Å². The Labute approximate surface area is 857 Å². The lowest BCUT2D eigenvalue weighted by molar-refractivity contribution is -0.293. The van der Waals surface area contributed by atoms with Crippen molar-refractivity contribution < 1.29 is 129 Å². The molecule has 4 N–H and O–H groups in total. The van der Waals surface area contributed by atoms with Crippen LogP contribution in [0.1, 0.15) is 236 Å². The summed E-state index contributed by atoms with van der Waals surface area (Å²) in [6.45, 7) is 39.9. The van der Waals surface area contributed by atoms with Crippen molar-refractivity contribution in [3.05, 3.63) is 170 Å². The number of benzene rings is 4. The molecular formula is C116H158O27Si2. The second-order valence-corrected chi connectivity index (χ2v) is 56.4. The largest absolute Gasteiger partial charge is 0.459 e. The average Bonchev–Trinajstić information content (AvgIpc) is 1.56. The van der Waals surface area contributed by atoms with E-state index in [0.717, 1.165) is 94.4 Å². The fourth-order valence-electron chi connectivity index (χ4n) is 28.7. The van der Waals surface area contributed by atoms with Crippen molar-refractivity contribution in [3.63, 3.8) is 0 Å². The van der Waals surface area contributed by atoms with Crippen LogP contribution in [0, 0.1) is 23.7 Å². The summed E-state index contributed by atoms with van der Waals surface area (Å²) >= 11 is 0. The second kappa shape index (κ2) is 43.2. The average molecular weight is 2040 g/mol. The highest BCUT2D eigenvalue weighted by Crippen LogP contribution is 2.57.